The van der Waals surface area contributed by atoms with Crippen molar-refractivity contribution >= 4 is 29.1 Å². The second kappa shape index (κ2) is 6.38. The molecular weight excluding hydrogens is 275 g/mol. The minimum atomic E-state index is -0.205. The summed E-state index contributed by atoms with van der Waals surface area (Å²) in [5.41, 5.74) is 0.429. The fraction of sp³-hybridized carbons (Fsp3) is 0.417. The lowest BCUT2D eigenvalue weighted by atomic mass is 10.2. The molecule has 4 nitrogen and oxygen atoms in total. The standard InChI is InChI=1S/C12H14Cl2N2O2/c13-8-1-2-10(11(14)5-8)12(17)16-6-9-7-18-4-3-15-9/h1-2,5,9,15H,3-4,6-7H2,(H,16,17). The van der Waals surface area contributed by atoms with E-state index in [2.05, 4.69) is 10.6 Å². The molecule has 2 rings (SSSR count). The Labute approximate surface area is 116 Å². The fourth-order valence-corrected chi connectivity index (χ4v) is 2.23. The lowest BCUT2D eigenvalue weighted by Crippen LogP contribution is -2.48. The second-order valence-corrected chi connectivity index (χ2v) is 4.90. The number of ether oxygens (including phenoxy) is 1. The number of rotatable bonds is 3. The third kappa shape index (κ3) is 3.59. The van der Waals surface area contributed by atoms with E-state index in [1.54, 1.807) is 18.2 Å². The van der Waals surface area contributed by atoms with E-state index in [0.717, 1.165) is 6.54 Å². The Hall–Kier alpha value is -0.810. The van der Waals surface area contributed by atoms with Crippen molar-refractivity contribution in [2.24, 2.45) is 0 Å². The number of amides is 1. The third-order valence-electron chi connectivity index (χ3n) is 2.68. The molecule has 1 fully saturated rings. The summed E-state index contributed by atoms with van der Waals surface area (Å²) in [5, 5.41) is 6.94. The number of nitrogens with one attached hydrogen (secondary N) is 2. The molecule has 1 atom stereocenters. The molecule has 1 aromatic carbocycles. The molecule has 0 radical (unpaired) electrons. The van der Waals surface area contributed by atoms with E-state index in [9.17, 15) is 4.79 Å². The number of carbonyl (C=O) groups excluding carboxylic acids is 1. The van der Waals surface area contributed by atoms with Crippen molar-refractivity contribution in [2.45, 2.75) is 6.04 Å². The summed E-state index contributed by atoms with van der Waals surface area (Å²) in [4.78, 5) is 11.9. The monoisotopic (exact) mass is 288 g/mol. The molecule has 1 unspecified atom stereocenters. The molecular formula is C12H14Cl2N2O2. The van der Waals surface area contributed by atoms with Gasteiger partial charge in [0, 0.05) is 24.2 Å². The molecule has 1 aliphatic heterocycles. The highest BCUT2D eigenvalue weighted by Gasteiger charge is 2.15. The Kier molecular flexibility index (Phi) is 4.83. The molecule has 1 aliphatic rings. The quantitative estimate of drug-likeness (QED) is 0.890. The van der Waals surface area contributed by atoms with Crippen LogP contribution in [0.25, 0.3) is 0 Å². The average Bonchev–Trinajstić information content (AvgIpc) is 2.37. The maximum atomic E-state index is 11.9. The first-order valence-corrected chi connectivity index (χ1v) is 6.47. The van der Waals surface area contributed by atoms with E-state index in [4.69, 9.17) is 27.9 Å². The molecule has 0 aromatic heterocycles. The highest BCUT2D eigenvalue weighted by Crippen LogP contribution is 2.20. The molecule has 18 heavy (non-hydrogen) atoms. The summed E-state index contributed by atoms with van der Waals surface area (Å²) >= 11 is 11.7. The van der Waals surface area contributed by atoms with Crippen LogP contribution in [0.1, 0.15) is 10.4 Å². The van der Waals surface area contributed by atoms with E-state index in [0.29, 0.717) is 35.4 Å². The van der Waals surface area contributed by atoms with Crippen molar-refractivity contribution in [2.75, 3.05) is 26.3 Å². The van der Waals surface area contributed by atoms with Gasteiger partial charge in [-0.05, 0) is 18.2 Å². The van der Waals surface area contributed by atoms with Gasteiger partial charge in [0.15, 0.2) is 0 Å². The lowest BCUT2D eigenvalue weighted by molar-refractivity contribution is 0.0735. The van der Waals surface area contributed by atoms with E-state index >= 15 is 0 Å². The molecule has 6 heteroatoms. The van der Waals surface area contributed by atoms with Crippen molar-refractivity contribution < 1.29 is 9.53 Å². The average molecular weight is 289 g/mol. The molecule has 0 aliphatic carbocycles. The minimum absolute atomic E-state index is 0.147. The zero-order chi connectivity index (χ0) is 13.0. The van der Waals surface area contributed by atoms with Crippen molar-refractivity contribution in [3.05, 3.63) is 33.8 Å². The Morgan fingerprint density at radius 2 is 2.33 bits per heavy atom. The number of morpholine rings is 1. The Balaban J connectivity index is 1.90. The van der Waals surface area contributed by atoms with Crippen molar-refractivity contribution in [3.8, 4) is 0 Å². The highest BCUT2D eigenvalue weighted by atomic mass is 35.5. The topological polar surface area (TPSA) is 50.4 Å². The Bertz CT molecular complexity index is 434. The smallest absolute Gasteiger partial charge is 0.252 e. The maximum absolute atomic E-state index is 11.9. The van der Waals surface area contributed by atoms with Crippen LogP contribution in [-0.4, -0.2) is 38.3 Å². The number of hydrogen-bond donors (Lipinski definition) is 2. The number of benzene rings is 1. The molecule has 1 heterocycles. The van der Waals surface area contributed by atoms with E-state index in [1.807, 2.05) is 0 Å². The van der Waals surface area contributed by atoms with Gasteiger partial charge in [-0.15, -0.1) is 0 Å². The summed E-state index contributed by atoms with van der Waals surface area (Å²) in [6.45, 7) is 2.64. The van der Waals surface area contributed by atoms with Gasteiger partial charge in [-0.3, -0.25) is 4.79 Å². The lowest BCUT2D eigenvalue weighted by Gasteiger charge is -2.24. The summed E-state index contributed by atoms with van der Waals surface area (Å²) in [7, 11) is 0. The molecule has 1 amide bonds. The van der Waals surface area contributed by atoms with Crippen molar-refractivity contribution in [1.29, 1.82) is 0 Å². The second-order valence-electron chi connectivity index (χ2n) is 4.06. The van der Waals surface area contributed by atoms with Crippen LogP contribution >= 0.6 is 23.2 Å². The van der Waals surface area contributed by atoms with Crippen LogP contribution in [0.5, 0.6) is 0 Å². The molecule has 0 saturated carbocycles. The molecule has 0 spiro atoms. The highest BCUT2D eigenvalue weighted by molar-refractivity contribution is 6.36. The maximum Gasteiger partial charge on any atom is 0.252 e. The summed E-state index contributed by atoms with van der Waals surface area (Å²) < 4.78 is 5.30. The van der Waals surface area contributed by atoms with Gasteiger partial charge in [0.1, 0.15) is 0 Å². The zero-order valence-electron chi connectivity index (χ0n) is 9.71. The van der Waals surface area contributed by atoms with Crippen LogP contribution < -0.4 is 10.6 Å². The van der Waals surface area contributed by atoms with Gasteiger partial charge in [0.05, 0.1) is 23.8 Å². The van der Waals surface area contributed by atoms with E-state index in [-0.39, 0.29) is 11.9 Å². The number of hydrogen-bond acceptors (Lipinski definition) is 3. The molecule has 1 aromatic rings. The van der Waals surface area contributed by atoms with Crippen molar-refractivity contribution in [3.63, 3.8) is 0 Å². The van der Waals surface area contributed by atoms with Gasteiger partial charge >= 0.3 is 0 Å². The summed E-state index contributed by atoms with van der Waals surface area (Å²) in [5.74, 6) is -0.205. The van der Waals surface area contributed by atoms with Crippen molar-refractivity contribution in [1.82, 2.24) is 10.6 Å². The first-order valence-electron chi connectivity index (χ1n) is 5.71. The van der Waals surface area contributed by atoms with Gasteiger partial charge in [-0.2, -0.15) is 0 Å². The fourth-order valence-electron chi connectivity index (χ4n) is 1.74. The van der Waals surface area contributed by atoms with E-state index in [1.165, 1.54) is 0 Å². The van der Waals surface area contributed by atoms with Gasteiger partial charge < -0.3 is 15.4 Å². The SMILES string of the molecule is O=C(NCC1COCCN1)c1ccc(Cl)cc1Cl. The predicted octanol–water partition coefficient (Wildman–Crippen LogP) is 1.71. The zero-order valence-corrected chi connectivity index (χ0v) is 11.2. The Morgan fingerprint density at radius 3 is 3.00 bits per heavy atom. The number of halogens is 2. The third-order valence-corrected chi connectivity index (χ3v) is 3.23. The summed E-state index contributed by atoms with van der Waals surface area (Å²) in [6.07, 6.45) is 0. The van der Waals surface area contributed by atoms with Gasteiger partial charge in [-0.25, -0.2) is 0 Å². The van der Waals surface area contributed by atoms with E-state index < -0.39 is 0 Å². The molecule has 98 valence electrons. The van der Waals surface area contributed by atoms with Crippen LogP contribution in [-0.2, 0) is 4.74 Å². The first kappa shape index (κ1) is 13.6. The normalized spacial score (nSPS) is 19.6. The minimum Gasteiger partial charge on any atom is -0.378 e. The largest absolute Gasteiger partial charge is 0.378 e. The van der Waals surface area contributed by atoms with Crippen LogP contribution in [0, 0.1) is 0 Å². The number of carbonyl (C=O) groups is 1. The van der Waals surface area contributed by atoms with Crippen LogP contribution in [0.4, 0.5) is 0 Å². The Morgan fingerprint density at radius 1 is 1.50 bits per heavy atom. The summed E-state index contributed by atoms with van der Waals surface area (Å²) in [6, 6.07) is 4.96. The van der Waals surface area contributed by atoms with Gasteiger partial charge in [0.2, 0.25) is 0 Å². The molecule has 0 bridgehead atoms. The van der Waals surface area contributed by atoms with Crippen LogP contribution in [0.2, 0.25) is 10.0 Å². The molecule has 2 N–H and O–H groups in total. The van der Waals surface area contributed by atoms with Crippen LogP contribution in [0.15, 0.2) is 18.2 Å². The van der Waals surface area contributed by atoms with Crippen LogP contribution in [0.3, 0.4) is 0 Å². The van der Waals surface area contributed by atoms with Gasteiger partial charge in [-0.1, -0.05) is 23.2 Å². The van der Waals surface area contributed by atoms with Gasteiger partial charge in [0.25, 0.3) is 5.91 Å². The first-order chi connectivity index (χ1) is 8.66. The predicted molar refractivity (Wildman–Crippen MR) is 71.4 cm³/mol. The molecule has 1 saturated heterocycles.